The van der Waals surface area contributed by atoms with E-state index < -0.39 is 10.0 Å². The molecule has 2 aliphatic heterocycles. The lowest BCUT2D eigenvalue weighted by Gasteiger charge is -2.54. The van der Waals surface area contributed by atoms with Crippen LogP contribution in [0.25, 0.3) is 0 Å². The van der Waals surface area contributed by atoms with Gasteiger partial charge in [0.1, 0.15) is 5.75 Å². The lowest BCUT2D eigenvalue weighted by molar-refractivity contribution is -0.147. The maximum Gasteiger partial charge on any atom is 0.243 e. The summed E-state index contributed by atoms with van der Waals surface area (Å²) in [5, 5.41) is 0.655. The molecule has 2 heterocycles. The summed E-state index contributed by atoms with van der Waals surface area (Å²) >= 11 is 5.94. The molecule has 1 amide bonds. The van der Waals surface area contributed by atoms with E-state index in [1.807, 2.05) is 24.0 Å². The lowest BCUT2D eigenvalue weighted by atomic mass is 9.72. The molecule has 0 saturated carbocycles. The van der Waals surface area contributed by atoms with Crippen LogP contribution in [-0.2, 0) is 14.8 Å². The standard InChI is InChI=1S/C23H27ClN2O4S/c1-17(18-3-5-19(24)6-4-18)22(27)25-15-23(16-25)11-13-26(14-12-23)31(28,29)21-9-7-20(30-2)8-10-21/h3-10,17H,11-16H2,1-2H3. The minimum Gasteiger partial charge on any atom is -0.497 e. The summed E-state index contributed by atoms with van der Waals surface area (Å²) < 4.78 is 32.6. The Morgan fingerprint density at radius 3 is 2.16 bits per heavy atom. The van der Waals surface area contributed by atoms with Crippen molar-refractivity contribution in [3.63, 3.8) is 0 Å². The molecular formula is C23H27ClN2O4S. The predicted molar refractivity (Wildman–Crippen MR) is 120 cm³/mol. The Balaban J connectivity index is 1.34. The van der Waals surface area contributed by atoms with E-state index in [-0.39, 0.29) is 22.1 Å². The Kier molecular flexibility index (Phi) is 6.03. The van der Waals surface area contributed by atoms with Gasteiger partial charge in [0.25, 0.3) is 0 Å². The van der Waals surface area contributed by atoms with Gasteiger partial charge in [-0.2, -0.15) is 4.31 Å². The number of carbonyl (C=O) groups is 1. The highest BCUT2D eigenvalue weighted by Gasteiger charge is 2.48. The molecule has 166 valence electrons. The number of methoxy groups -OCH3 is 1. The minimum absolute atomic E-state index is 0.0291. The van der Waals surface area contributed by atoms with E-state index in [1.54, 1.807) is 47.8 Å². The maximum absolute atomic E-state index is 13.0. The SMILES string of the molecule is COc1ccc(S(=O)(=O)N2CCC3(CC2)CN(C(=O)C(C)c2ccc(Cl)cc2)C3)cc1. The zero-order valence-electron chi connectivity index (χ0n) is 17.8. The molecule has 8 heteroatoms. The monoisotopic (exact) mass is 462 g/mol. The first kappa shape index (κ1) is 22.1. The van der Waals surface area contributed by atoms with Gasteiger partial charge in [-0.25, -0.2) is 8.42 Å². The van der Waals surface area contributed by atoms with Crippen molar-refractivity contribution < 1.29 is 17.9 Å². The largest absolute Gasteiger partial charge is 0.497 e. The molecule has 2 saturated heterocycles. The molecule has 0 radical (unpaired) electrons. The predicted octanol–water partition coefficient (Wildman–Crippen LogP) is 3.77. The fourth-order valence-corrected chi connectivity index (χ4v) is 6.07. The average molecular weight is 463 g/mol. The number of benzene rings is 2. The van der Waals surface area contributed by atoms with E-state index in [4.69, 9.17) is 16.3 Å². The average Bonchev–Trinajstić information content (AvgIpc) is 2.77. The molecule has 2 fully saturated rings. The summed E-state index contributed by atoms with van der Waals surface area (Å²) in [6.07, 6.45) is 1.53. The van der Waals surface area contributed by atoms with Gasteiger partial charge in [-0.05, 0) is 61.7 Å². The summed E-state index contributed by atoms with van der Waals surface area (Å²) in [5.74, 6) is 0.523. The Morgan fingerprint density at radius 1 is 1.03 bits per heavy atom. The Labute approximate surface area is 188 Å². The number of halogens is 1. The number of hydrogen-bond donors (Lipinski definition) is 0. The number of ether oxygens (including phenoxy) is 1. The van der Waals surface area contributed by atoms with Crippen LogP contribution in [0.2, 0.25) is 5.02 Å². The zero-order valence-corrected chi connectivity index (χ0v) is 19.3. The highest BCUT2D eigenvalue weighted by atomic mass is 35.5. The minimum atomic E-state index is -3.52. The van der Waals surface area contributed by atoms with Crippen LogP contribution in [0.15, 0.2) is 53.4 Å². The Morgan fingerprint density at radius 2 is 1.61 bits per heavy atom. The van der Waals surface area contributed by atoms with E-state index in [2.05, 4.69) is 0 Å². The molecule has 0 aliphatic carbocycles. The molecule has 1 atom stereocenters. The van der Waals surface area contributed by atoms with Crippen LogP contribution >= 0.6 is 11.6 Å². The number of hydrogen-bond acceptors (Lipinski definition) is 4. The highest BCUT2D eigenvalue weighted by Crippen LogP contribution is 2.42. The van der Waals surface area contributed by atoms with E-state index in [0.29, 0.717) is 37.0 Å². The molecule has 0 bridgehead atoms. The quantitative estimate of drug-likeness (QED) is 0.678. The van der Waals surface area contributed by atoms with Gasteiger partial charge in [0.15, 0.2) is 0 Å². The Hall–Kier alpha value is -2.09. The lowest BCUT2D eigenvalue weighted by Crippen LogP contribution is -2.62. The van der Waals surface area contributed by atoms with Crippen LogP contribution in [0.4, 0.5) is 0 Å². The van der Waals surface area contributed by atoms with Gasteiger partial charge < -0.3 is 9.64 Å². The fraction of sp³-hybridized carbons (Fsp3) is 0.435. The maximum atomic E-state index is 13.0. The van der Waals surface area contributed by atoms with Crippen molar-refractivity contribution in [2.24, 2.45) is 5.41 Å². The van der Waals surface area contributed by atoms with Gasteiger partial charge in [0.2, 0.25) is 15.9 Å². The van der Waals surface area contributed by atoms with Crippen molar-refractivity contribution >= 4 is 27.5 Å². The van der Waals surface area contributed by atoms with Gasteiger partial charge in [-0.1, -0.05) is 23.7 Å². The molecular weight excluding hydrogens is 436 g/mol. The molecule has 1 spiro atoms. The molecule has 4 rings (SSSR count). The molecule has 6 nitrogen and oxygen atoms in total. The Bertz CT molecular complexity index is 1040. The van der Waals surface area contributed by atoms with Gasteiger partial charge in [0, 0.05) is 36.6 Å². The van der Waals surface area contributed by atoms with E-state index >= 15 is 0 Å². The van der Waals surface area contributed by atoms with E-state index in [9.17, 15) is 13.2 Å². The second kappa shape index (κ2) is 8.45. The van der Waals surface area contributed by atoms with Crippen molar-refractivity contribution in [2.75, 3.05) is 33.3 Å². The van der Waals surface area contributed by atoms with Crippen molar-refractivity contribution in [3.8, 4) is 5.75 Å². The van der Waals surface area contributed by atoms with Gasteiger partial charge >= 0.3 is 0 Å². The molecule has 31 heavy (non-hydrogen) atoms. The van der Waals surface area contributed by atoms with Crippen molar-refractivity contribution in [1.82, 2.24) is 9.21 Å². The van der Waals surface area contributed by atoms with Crippen LogP contribution in [0.5, 0.6) is 5.75 Å². The normalized spacial score (nSPS) is 19.6. The second-order valence-corrected chi connectivity index (χ2v) is 10.9. The number of amides is 1. The molecule has 0 aromatic heterocycles. The third kappa shape index (κ3) is 4.31. The number of carbonyl (C=O) groups excluding carboxylic acids is 1. The van der Waals surface area contributed by atoms with Gasteiger partial charge in [-0.3, -0.25) is 4.79 Å². The second-order valence-electron chi connectivity index (χ2n) is 8.55. The highest BCUT2D eigenvalue weighted by molar-refractivity contribution is 7.89. The first-order chi connectivity index (χ1) is 14.7. The molecule has 2 aromatic carbocycles. The van der Waals surface area contributed by atoms with Crippen LogP contribution in [0.3, 0.4) is 0 Å². The summed E-state index contributed by atoms with van der Waals surface area (Å²) in [5.41, 5.74) is 0.983. The number of nitrogens with zero attached hydrogens (tertiary/aromatic N) is 2. The van der Waals surface area contributed by atoms with Crippen molar-refractivity contribution in [3.05, 3.63) is 59.1 Å². The van der Waals surface area contributed by atoms with E-state index in [1.165, 1.54) is 0 Å². The summed E-state index contributed by atoms with van der Waals surface area (Å²) in [6, 6.07) is 13.9. The van der Waals surface area contributed by atoms with Crippen LogP contribution in [0.1, 0.15) is 31.2 Å². The third-order valence-corrected chi connectivity index (χ3v) is 8.75. The number of piperidine rings is 1. The number of likely N-dealkylation sites (tertiary alicyclic amines) is 1. The van der Waals surface area contributed by atoms with Crippen LogP contribution in [-0.4, -0.2) is 56.8 Å². The molecule has 0 N–H and O–H groups in total. The summed E-state index contributed by atoms with van der Waals surface area (Å²) in [4.78, 5) is 15.1. The first-order valence-corrected chi connectivity index (χ1v) is 12.2. The van der Waals surface area contributed by atoms with Gasteiger partial charge in [-0.15, -0.1) is 0 Å². The van der Waals surface area contributed by atoms with Crippen LogP contribution < -0.4 is 4.74 Å². The van der Waals surface area contributed by atoms with Crippen molar-refractivity contribution in [2.45, 2.75) is 30.6 Å². The molecule has 1 unspecified atom stereocenters. The number of sulfonamides is 1. The summed E-state index contributed by atoms with van der Waals surface area (Å²) in [7, 11) is -1.97. The first-order valence-electron chi connectivity index (χ1n) is 10.4. The smallest absolute Gasteiger partial charge is 0.243 e. The third-order valence-electron chi connectivity index (χ3n) is 6.58. The fourth-order valence-electron chi connectivity index (χ4n) is 4.50. The number of rotatable bonds is 5. The van der Waals surface area contributed by atoms with E-state index in [0.717, 1.165) is 18.4 Å². The van der Waals surface area contributed by atoms with Gasteiger partial charge in [0.05, 0.1) is 17.9 Å². The van der Waals surface area contributed by atoms with Crippen molar-refractivity contribution in [1.29, 1.82) is 0 Å². The zero-order chi connectivity index (χ0) is 22.2. The summed E-state index contributed by atoms with van der Waals surface area (Å²) in [6.45, 7) is 4.26. The van der Waals surface area contributed by atoms with Crippen LogP contribution in [0, 0.1) is 5.41 Å². The topological polar surface area (TPSA) is 66.9 Å². The molecule has 2 aromatic rings. The molecule has 2 aliphatic rings.